The highest BCUT2D eigenvalue weighted by Crippen LogP contribution is 2.19. The molecule has 0 fully saturated rings. The van der Waals surface area contributed by atoms with E-state index < -0.39 is 10.0 Å². The lowest BCUT2D eigenvalue weighted by Gasteiger charge is -2.09. The van der Waals surface area contributed by atoms with E-state index in [1.807, 2.05) is 31.2 Å². The number of ether oxygens (including phenoxy) is 1. The number of hydrogen-bond donors (Lipinski definition) is 2. The minimum absolute atomic E-state index is 0.0946. The van der Waals surface area contributed by atoms with E-state index in [1.165, 1.54) is 29.7 Å². The van der Waals surface area contributed by atoms with Crippen molar-refractivity contribution in [1.82, 2.24) is 4.98 Å². The second kappa shape index (κ2) is 9.53. The van der Waals surface area contributed by atoms with Crippen LogP contribution in [0.2, 0.25) is 0 Å². The number of carbonyl (C=O) groups excluding carboxylic acids is 1. The summed E-state index contributed by atoms with van der Waals surface area (Å²) in [6, 6.07) is 13.7. The van der Waals surface area contributed by atoms with Crippen LogP contribution in [-0.4, -0.2) is 25.9 Å². The Morgan fingerprint density at radius 3 is 2.48 bits per heavy atom. The lowest BCUT2D eigenvalue weighted by molar-refractivity contribution is -0.116. The molecule has 0 unspecified atom stereocenters. The highest BCUT2D eigenvalue weighted by molar-refractivity contribution is 7.93. The van der Waals surface area contributed by atoms with E-state index in [1.54, 1.807) is 17.5 Å². The number of nitrogens with one attached hydrogen (secondary N) is 2. The quantitative estimate of drug-likeness (QED) is 0.498. The van der Waals surface area contributed by atoms with E-state index in [9.17, 15) is 13.2 Å². The van der Waals surface area contributed by atoms with Crippen molar-refractivity contribution >= 4 is 38.1 Å². The van der Waals surface area contributed by atoms with Crippen molar-refractivity contribution in [3.63, 3.8) is 0 Å². The molecule has 0 saturated heterocycles. The van der Waals surface area contributed by atoms with Gasteiger partial charge in [-0.25, -0.2) is 13.4 Å². The molecular formula is C20H21N3O4S2. The average Bonchev–Trinajstić information content (AvgIpc) is 3.19. The van der Waals surface area contributed by atoms with Gasteiger partial charge < -0.3 is 10.1 Å². The number of benzene rings is 2. The summed E-state index contributed by atoms with van der Waals surface area (Å²) in [4.78, 5) is 16.1. The van der Waals surface area contributed by atoms with Crippen molar-refractivity contribution in [1.29, 1.82) is 0 Å². The van der Waals surface area contributed by atoms with E-state index in [4.69, 9.17) is 4.74 Å². The molecule has 7 nitrogen and oxygen atoms in total. The van der Waals surface area contributed by atoms with E-state index >= 15 is 0 Å². The first kappa shape index (κ1) is 20.8. The Morgan fingerprint density at radius 1 is 1.10 bits per heavy atom. The van der Waals surface area contributed by atoms with Crippen LogP contribution in [0.25, 0.3) is 0 Å². The summed E-state index contributed by atoms with van der Waals surface area (Å²) in [5.41, 5.74) is 1.69. The van der Waals surface area contributed by atoms with Gasteiger partial charge in [0.05, 0.1) is 11.5 Å². The first-order valence-electron chi connectivity index (χ1n) is 8.94. The Balaban J connectivity index is 1.45. The zero-order valence-electron chi connectivity index (χ0n) is 15.8. The van der Waals surface area contributed by atoms with Crippen LogP contribution in [0.3, 0.4) is 0 Å². The number of amides is 1. The SMILES string of the molecule is Cc1ccc(OCCCC(=O)Nc2ccc(S(=O)(=O)Nc3nccs3)cc2)cc1. The number of aryl methyl sites for hydroxylation is 1. The Bertz CT molecular complexity index is 1030. The zero-order valence-corrected chi connectivity index (χ0v) is 17.4. The second-order valence-corrected chi connectivity index (χ2v) is 8.86. The Labute approximate surface area is 173 Å². The summed E-state index contributed by atoms with van der Waals surface area (Å²) in [5, 5.41) is 4.74. The van der Waals surface area contributed by atoms with Crippen LogP contribution < -0.4 is 14.8 Å². The molecule has 0 radical (unpaired) electrons. The van der Waals surface area contributed by atoms with Gasteiger partial charge in [-0.15, -0.1) is 11.3 Å². The van der Waals surface area contributed by atoms with Crippen molar-refractivity contribution in [2.24, 2.45) is 0 Å². The van der Waals surface area contributed by atoms with Gasteiger partial charge in [0.2, 0.25) is 5.91 Å². The molecular weight excluding hydrogens is 410 g/mol. The molecule has 1 heterocycles. The van der Waals surface area contributed by atoms with Gasteiger partial charge in [-0.05, 0) is 49.7 Å². The van der Waals surface area contributed by atoms with Crippen LogP contribution in [0.1, 0.15) is 18.4 Å². The number of sulfonamides is 1. The van der Waals surface area contributed by atoms with Crippen molar-refractivity contribution in [2.75, 3.05) is 16.6 Å². The Kier molecular flexibility index (Phi) is 6.84. The molecule has 1 amide bonds. The highest BCUT2D eigenvalue weighted by atomic mass is 32.2. The summed E-state index contributed by atoms with van der Waals surface area (Å²) in [5.74, 6) is 0.619. The second-order valence-electron chi connectivity index (χ2n) is 6.28. The van der Waals surface area contributed by atoms with Crippen molar-refractivity contribution < 1.29 is 17.9 Å². The molecule has 1 aromatic heterocycles. The van der Waals surface area contributed by atoms with Crippen LogP contribution in [-0.2, 0) is 14.8 Å². The third-order valence-electron chi connectivity index (χ3n) is 3.94. The molecule has 2 N–H and O–H groups in total. The predicted molar refractivity (Wildman–Crippen MR) is 114 cm³/mol. The van der Waals surface area contributed by atoms with Crippen molar-refractivity contribution in [2.45, 2.75) is 24.7 Å². The molecule has 3 rings (SSSR count). The fourth-order valence-corrected chi connectivity index (χ4v) is 4.23. The largest absolute Gasteiger partial charge is 0.494 e. The predicted octanol–water partition coefficient (Wildman–Crippen LogP) is 4.05. The van der Waals surface area contributed by atoms with Gasteiger partial charge in [0, 0.05) is 23.7 Å². The van der Waals surface area contributed by atoms with E-state index in [2.05, 4.69) is 15.0 Å². The molecule has 0 atom stereocenters. The van der Waals surface area contributed by atoms with Crippen molar-refractivity contribution in [3.05, 3.63) is 65.7 Å². The molecule has 2 aromatic carbocycles. The first-order valence-corrected chi connectivity index (χ1v) is 11.3. The third-order valence-corrected chi connectivity index (χ3v) is 6.11. The summed E-state index contributed by atoms with van der Waals surface area (Å²) in [7, 11) is -3.71. The molecule has 0 aliphatic heterocycles. The van der Waals surface area contributed by atoms with Crippen LogP contribution in [0.15, 0.2) is 65.0 Å². The molecule has 152 valence electrons. The average molecular weight is 432 g/mol. The van der Waals surface area contributed by atoms with Crippen LogP contribution >= 0.6 is 11.3 Å². The number of rotatable bonds is 9. The van der Waals surface area contributed by atoms with Gasteiger partial charge >= 0.3 is 0 Å². The number of hydrogen-bond acceptors (Lipinski definition) is 6. The fourth-order valence-electron chi connectivity index (χ4n) is 2.45. The van der Waals surface area contributed by atoms with Crippen LogP contribution in [0, 0.1) is 6.92 Å². The fraction of sp³-hybridized carbons (Fsp3) is 0.200. The maximum Gasteiger partial charge on any atom is 0.263 e. The maximum absolute atomic E-state index is 12.3. The number of thiazole rings is 1. The smallest absolute Gasteiger partial charge is 0.263 e. The Morgan fingerprint density at radius 2 is 1.83 bits per heavy atom. The number of aromatic nitrogens is 1. The van der Waals surface area contributed by atoms with Crippen LogP contribution in [0.4, 0.5) is 10.8 Å². The van der Waals surface area contributed by atoms with Crippen LogP contribution in [0.5, 0.6) is 5.75 Å². The molecule has 0 spiro atoms. The zero-order chi connectivity index (χ0) is 20.7. The molecule has 29 heavy (non-hydrogen) atoms. The standard InChI is InChI=1S/C20H21N3O4S2/c1-15-4-8-17(9-5-15)27-13-2-3-19(24)22-16-6-10-18(11-7-16)29(25,26)23-20-21-12-14-28-20/h4-12,14H,2-3,13H2,1H3,(H,21,23)(H,22,24). The first-order chi connectivity index (χ1) is 13.9. The van der Waals surface area contributed by atoms with Gasteiger partial charge in [0.15, 0.2) is 5.13 Å². The van der Waals surface area contributed by atoms with Gasteiger partial charge in [-0.1, -0.05) is 17.7 Å². The summed E-state index contributed by atoms with van der Waals surface area (Å²) >= 11 is 1.20. The summed E-state index contributed by atoms with van der Waals surface area (Å²) < 4.78 is 32.6. The minimum atomic E-state index is -3.71. The number of carbonyl (C=O) groups is 1. The monoisotopic (exact) mass is 431 g/mol. The molecule has 3 aromatic rings. The minimum Gasteiger partial charge on any atom is -0.494 e. The Hall–Kier alpha value is -2.91. The lowest BCUT2D eigenvalue weighted by atomic mass is 10.2. The number of nitrogens with zero attached hydrogens (tertiary/aromatic N) is 1. The number of anilines is 2. The summed E-state index contributed by atoms with van der Waals surface area (Å²) in [6.07, 6.45) is 2.40. The molecule has 0 aliphatic carbocycles. The lowest BCUT2D eigenvalue weighted by Crippen LogP contribution is -2.14. The normalized spacial score (nSPS) is 11.1. The van der Waals surface area contributed by atoms with E-state index in [-0.39, 0.29) is 10.8 Å². The van der Waals surface area contributed by atoms with Gasteiger partial charge in [0.25, 0.3) is 10.0 Å². The van der Waals surface area contributed by atoms with E-state index in [0.717, 1.165) is 11.3 Å². The summed E-state index contributed by atoms with van der Waals surface area (Å²) in [6.45, 7) is 2.45. The highest BCUT2D eigenvalue weighted by Gasteiger charge is 2.15. The maximum atomic E-state index is 12.3. The molecule has 0 aliphatic rings. The van der Waals surface area contributed by atoms with Gasteiger partial charge in [-0.2, -0.15) is 0 Å². The van der Waals surface area contributed by atoms with Crippen molar-refractivity contribution in [3.8, 4) is 5.75 Å². The topological polar surface area (TPSA) is 97.4 Å². The van der Waals surface area contributed by atoms with Gasteiger partial charge in [0.1, 0.15) is 5.75 Å². The third kappa shape index (κ3) is 6.30. The molecule has 9 heteroatoms. The van der Waals surface area contributed by atoms with Gasteiger partial charge in [-0.3, -0.25) is 9.52 Å². The molecule has 0 bridgehead atoms. The molecule has 0 saturated carbocycles. The van der Waals surface area contributed by atoms with E-state index in [0.29, 0.717) is 30.3 Å².